The summed E-state index contributed by atoms with van der Waals surface area (Å²) < 4.78 is 0. The molecule has 1 aliphatic rings. The molecule has 0 radical (unpaired) electrons. The van der Waals surface area contributed by atoms with Crippen molar-refractivity contribution in [2.75, 3.05) is 0 Å². The van der Waals surface area contributed by atoms with E-state index in [0.717, 1.165) is 32.1 Å². The third kappa shape index (κ3) is 4.00. The van der Waals surface area contributed by atoms with Gasteiger partial charge in [-0.2, -0.15) is 0 Å². The molecule has 98 valence electrons. The fraction of sp³-hybridized carbons (Fsp3) is 0.833. The molecule has 0 aromatic heterocycles. The maximum Gasteiger partial charge on any atom is 0.326 e. The summed E-state index contributed by atoms with van der Waals surface area (Å²) in [6, 6.07) is -0.883. The molecule has 0 spiro atoms. The third-order valence-corrected chi connectivity index (χ3v) is 3.37. The number of carboxylic acid groups (broad SMARTS) is 1. The monoisotopic (exact) mass is 242 g/mol. The van der Waals surface area contributed by atoms with Gasteiger partial charge in [-0.25, -0.2) is 4.79 Å². The van der Waals surface area contributed by atoms with Gasteiger partial charge in [-0.15, -0.1) is 0 Å². The molecular formula is C12H22N2O3. The molecule has 0 aromatic rings. The maximum atomic E-state index is 11.9. The van der Waals surface area contributed by atoms with Gasteiger partial charge >= 0.3 is 5.97 Å². The van der Waals surface area contributed by atoms with Crippen molar-refractivity contribution in [1.82, 2.24) is 5.32 Å². The first-order valence-electron chi connectivity index (χ1n) is 6.35. The Labute approximate surface area is 102 Å². The van der Waals surface area contributed by atoms with Crippen LogP contribution >= 0.6 is 0 Å². The highest BCUT2D eigenvalue weighted by Crippen LogP contribution is 2.24. The number of carbonyl (C=O) groups is 2. The quantitative estimate of drug-likeness (QED) is 0.644. The van der Waals surface area contributed by atoms with E-state index in [2.05, 4.69) is 5.32 Å². The lowest BCUT2D eigenvalue weighted by atomic mass is 10.0. The fourth-order valence-electron chi connectivity index (χ4n) is 2.26. The number of amides is 1. The molecule has 1 aliphatic carbocycles. The van der Waals surface area contributed by atoms with E-state index in [4.69, 9.17) is 10.8 Å². The molecular weight excluding hydrogens is 220 g/mol. The normalized spacial score (nSPS) is 25.5. The van der Waals surface area contributed by atoms with Crippen LogP contribution < -0.4 is 11.1 Å². The largest absolute Gasteiger partial charge is 0.480 e. The molecule has 1 fully saturated rings. The van der Waals surface area contributed by atoms with Gasteiger partial charge in [0.1, 0.15) is 6.04 Å². The van der Waals surface area contributed by atoms with Gasteiger partial charge in [0, 0.05) is 6.04 Å². The van der Waals surface area contributed by atoms with Crippen molar-refractivity contribution in [1.29, 1.82) is 0 Å². The van der Waals surface area contributed by atoms with E-state index in [1.807, 2.05) is 6.92 Å². The van der Waals surface area contributed by atoms with Gasteiger partial charge < -0.3 is 16.2 Å². The van der Waals surface area contributed by atoms with Crippen molar-refractivity contribution < 1.29 is 14.7 Å². The Bertz CT molecular complexity index is 281. The van der Waals surface area contributed by atoms with Gasteiger partial charge in [-0.1, -0.05) is 26.2 Å². The standard InChI is InChI=1S/C12H22N2O3/c1-2-3-7-10(12(16)17)14-11(15)8-5-4-6-9(8)13/h8-10H,2-7,13H2,1H3,(H,14,15)(H,16,17). The molecule has 3 atom stereocenters. The number of rotatable bonds is 6. The SMILES string of the molecule is CCCCC(NC(=O)C1CCCC1N)C(=O)O. The predicted molar refractivity (Wildman–Crippen MR) is 64.4 cm³/mol. The number of aliphatic carboxylic acids is 1. The number of nitrogens with two attached hydrogens (primary N) is 1. The molecule has 0 heterocycles. The lowest BCUT2D eigenvalue weighted by Gasteiger charge is -2.19. The van der Waals surface area contributed by atoms with Crippen LogP contribution in [-0.2, 0) is 9.59 Å². The molecule has 0 aromatic carbocycles. The Balaban J connectivity index is 2.48. The minimum atomic E-state index is -0.960. The van der Waals surface area contributed by atoms with Crippen LogP contribution in [0.3, 0.4) is 0 Å². The molecule has 1 amide bonds. The van der Waals surface area contributed by atoms with Crippen molar-refractivity contribution in [3.8, 4) is 0 Å². The van der Waals surface area contributed by atoms with Gasteiger partial charge in [0.15, 0.2) is 0 Å². The lowest BCUT2D eigenvalue weighted by Crippen LogP contribution is -2.46. The average molecular weight is 242 g/mol. The number of carboxylic acids is 1. The second-order valence-electron chi connectivity index (χ2n) is 4.74. The van der Waals surface area contributed by atoms with E-state index >= 15 is 0 Å². The second-order valence-corrected chi connectivity index (χ2v) is 4.74. The molecule has 5 nitrogen and oxygen atoms in total. The number of carbonyl (C=O) groups excluding carboxylic acids is 1. The molecule has 5 heteroatoms. The summed E-state index contributed by atoms with van der Waals surface area (Å²) >= 11 is 0. The van der Waals surface area contributed by atoms with Crippen LogP contribution in [0, 0.1) is 5.92 Å². The maximum absolute atomic E-state index is 11.9. The summed E-state index contributed by atoms with van der Waals surface area (Å²) in [6.45, 7) is 1.99. The highest BCUT2D eigenvalue weighted by molar-refractivity contribution is 5.85. The third-order valence-electron chi connectivity index (χ3n) is 3.37. The summed E-state index contributed by atoms with van der Waals surface area (Å²) in [5, 5.41) is 11.6. The molecule has 3 unspecified atom stereocenters. The van der Waals surface area contributed by atoms with Gasteiger partial charge in [-0.05, 0) is 19.3 Å². The van der Waals surface area contributed by atoms with Crippen LogP contribution in [0.15, 0.2) is 0 Å². The van der Waals surface area contributed by atoms with Gasteiger partial charge in [0.25, 0.3) is 0 Å². The Morgan fingerprint density at radius 2 is 2.18 bits per heavy atom. The zero-order valence-corrected chi connectivity index (χ0v) is 10.3. The molecule has 0 aliphatic heterocycles. The van der Waals surface area contributed by atoms with Crippen molar-refractivity contribution in [3.63, 3.8) is 0 Å². The van der Waals surface area contributed by atoms with E-state index in [1.165, 1.54) is 0 Å². The summed E-state index contributed by atoms with van der Waals surface area (Å²) in [6.07, 6.45) is 4.78. The smallest absolute Gasteiger partial charge is 0.326 e. The van der Waals surface area contributed by atoms with Gasteiger partial charge in [0.05, 0.1) is 5.92 Å². The van der Waals surface area contributed by atoms with E-state index in [-0.39, 0.29) is 17.9 Å². The highest BCUT2D eigenvalue weighted by Gasteiger charge is 2.32. The summed E-state index contributed by atoms with van der Waals surface area (Å²) in [5.74, 6) is -1.37. The zero-order valence-electron chi connectivity index (χ0n) is 10.3. The minimum absolute atomic E-state index is 0.115. The van der Waals surface area contributed by atoms with Crippen molar-refractivity contribution >= 4 is 11.9 Å². The van der Waals surface area contributed by atoms with Crippen LogP contribution in [0.1, 0.15) is 45.4 Å². The number of hydrogen-bond donors (Lipinski definition) is 3. The Hall–Kier alpha value is -1.10. The highest BCUT2D eigenvalue weighted by atomic mass is 16.4. The van der Waals surface area contributed by atoms with Crippen molar-refractivity contribution in [2.24, 2.45) is 11.7 Å². The van der Waals surface area contributed by atoms with Crippen LogP contribution in [0.2, 0.25) is 0 Å². The topological polar surface area (TPSA) is 92.4 Å². The molecule has 0 saturated heterocycles. The lowest BCUT2D eigenvalue weighted by molar-refractivity contribution is -0.142. The minimum Gasteiger partial charge on any atom is -0.480 e. The van der Waals surface area contributed by atoms with Crippen LogP contribution in [0.5, 0.6) is 0 Å². The summed E-state index contributed by atoms with van der Waals surface area (Å²) in [5.41, 5.74) is 5.82. The molecule has 17 heavy (non-hydrogen) atoms. The second kappa shape index (κ2) is 6.59. The van der Waals surface area contributed by atoms with E-state index < -0.39 is 12.0 Å². The summed E-state index contributed by atoms with van der Waals surface area (Å²) in [4.78, 5) is 22.9. The Kier molecular flexibility index (Phi) is 5.41. The van der Waals surface area contributed by atoms with Crippen LogP contribution in [0.25, 0.3) is 0 Å². The zero-order chi connectivity index (χ0) is 12.8. The first-order chi connectivity index (χ1) is 8.06. The number of unbranched alkanes of at least 4 members (excludes halogenated alkanes) is 1. The summed E-state index contributed by atoms with van der Waals surface area (Å²) in [7, 11) is 0. The van der Waals surface area contributed by atoms with Crippen LogP contribution in [0.4, 0.5) is 0 Å². The Morgan fingerprint density at radius 1 is 1.47 bits per heavy atom. The van der Waals surface area contributed by atoms with E-state index in [9.17, 15) is 9.59 Å². The van der Waals surface area contributed by atoms with Gasteiger partial charge in [-0.3, -0.25) is 4.79 Å². The Morgan fingerprint density at radius 3 is 2.65 bits per heavy atom. The van der Waals surface area contributed by atoms with Crippen molar-refractivity contribution in [2.45, 2.75) is 57.5 Å². The average Bonchev–Trinajstić information content (AvgIpc) is 2.70. The van der Waals surface area contributed by atoms with Gasteiger partial charge in [0.2, 0.25) is 5.91 Å². The van der Waals surface area contributed by atoms with E-state index in [0.29, 0.717) is 6.42 Å². The molecule has 4 N–H and O–H groups in total. The predicted octanol–water partition coefficient (Wildman–Crippen LogP) is 0.873. The van der Waals surface area contributed by atoms with Crippen LogP contribution in [-0.4, -0.2) is 29.1 Å². The molecule has 1 saturated carbocycles. The first-order valence-corrected chi connectivity index (χ1v) is 6.35. The molecule has 0 bridgehead atoms. The fourth-order valence-corrected chi connectivity index (χ4v) is 2.26. The molecule has 1 rings (SSSR count). The number of hydrogen-bond acceptors (Lipinski definition) is 3. The van der Waals surface area contributed by atoms with Crippen molar-refractivity contribution in [3.05, 3.63) is 0 Å². The number of nitrogens with one attached hydrogen (secondary N) is 1. The first kappa shape index (κ1) is 14.0. The van der Waals surface area contributed by atoms with E-state index in [1.54, 1.807) is 0 Å².